The smallest absolute Gasteiger partial charge is 0.337 e. The summed E-state index contributed by atoms with van der Waals surface area (Å²) >= 11 is 0. The SMILES string of the molecule is C=CCCNc1ccc(C(=O)OC)cc1N. The lowest BCUT2D eigenvalue weighted by molar-refractivity contribution is 0.0601. The van der Waals surface area contributed by atoms with E-state index in [1.807, 2.05) is 6.08 Å². The fraction of sp³-hybridized carbons (Fsp3) is 0.250. The van der Waals surface area contributed by atoms with Gasteiger partial charge in [-0.05, 0) is 24.6 Å². The predicted molar refractivity (Wildman–Crippen MR) is 65.5 cm³/mol. The molecule has 4 heteroatoms. The maximum absolute atomic E-state index is 11.2. The van der Waals surface area contributed by atoms with Crippen molar-refractivity contribution in [2.75, 3.05) is 24.7 Å². The van der Waals surface area contributed by atoms with E-state index in [1.54, 1.807) is 18.2 Å². The van der Waals surface area contributed by atoms with Crippen LogP contribution in [0.15, 0.2) is 30.9 Å². The van der Waals surface area contributed by atoms with Crippen LogP contribution in [-0.2, 0) is 4.74 Å². The summed E-state index contributed by atoms with van der Waals surface area (Å²) in [4.78, 5) is 11.2. The number of ether oxygens (including phenoxy) is 1. The number of hydrogen-bond acceptors (Lipinski definition) is 4. The number of carbonyl (C=O) groups is 1. The first-order valence-corrected chi connectivity index (χ1v) is 5.01. The monoisotopic (exact) mass is 220 g/mol. The molecular weight excluding hydrogens is 204 g/mol. The van der Waals surface area contributed by atoms with Gasteiger partial charge in [0.2, 0.25) is 0 Å². The van der Waals surface area contributed by atoms with E-state index in [1.165, 1.54) is 7.11 Å². The summed E-state index contributed by atoms with van der Waals surface area (Å²) in [6, 6.07) is 5.05. The van der Waals surface area contributed by atoms with Crippen LogP contribution in [0.1, 0.15) is 16.8 Å². The first kappa shape index (κ1) is 12.1. The fourth-order valence-corrected chi connectivity index (χ4v) is 1.28. The molecule has 86 valence electrons. The zero-order valence-electron chi connectivity index (χ0n) is 9.32. The largest absolute Gasteiger partial charge is 0.465 e. The Kier molecular flexibility index (Phi) is 4.39. The van der Waals surface area contributed by atoms with E-state index in [2.05, 4.69) is 16.6 Å². The first-order chi connectivity index (χ1) is 7.69. The summed E-state index contributed by atoms with van der Waals surface area (Å²) in [7, 11) is 1.34. The second-order valence-electron chi connectivity index (χ2n) is 3.30. The first-order valence-electron chi connectivity index (χ1n) is 5.01. The maximum Gasteiger partial charge on any atom is 0.337 e. The highest BCUT2D eigenvalue weighted by Gasteiger charge is 2.07. The number of carbonyl (C=O) groups excluding carboxylic acids is 1. The molecule has 0 saturated heterocycles. The van der Waals surface area contributed by atoms with Gasteiger partial charge >= 0.3 is 5.97 Å². The van der Waals surface area contributed by atoms with Gasteiger partial charge in [0.05, 0.1) is 24.0 Å². The molecule has 0 bridgehead atoms. The molecule has 0 unspecified atom stereocenters. The average Bonchev–Trinajstić information content (AvgIpc) is 2.30. The van der Waals surface area contributed by atoms with Crippen LogP contribution in [0.3, 0.4) is 0 Å². The molecule has 3 N–H and O–H groups in total. The topological polar surface area (TPSA) is 64.3 Å². The Bertz CT molecular complexity index is 389. The Balaban J connectivity index is 2.75. The lowest BCUT2D eigenvalue weighted by atomic mass is 10.1. The molecule has 0 aliphatic rings. The van der Waals surface area contributed by atoms with Gasteiger partial charge in [0, 0.05) is 6.54 Å². The van der Waals surface area contributed by atoms with E-state index in [0.29, 0.717) is 11.3 Å². The summed E-state index contributed by atoms with van der Waals surface area (Å²) in [5.74, 6) is -0.385. The molecule has 0 heterocycles. The number of anilines is 2. The highest BCUT2D eigenvalue weighted by Crippen LogP contribution is 2.20. The fourth-order valence-electron chi connectivity index (χ4n) is 1.28. The van der Waals surface area contributed by atoms with Gasteiger partial charge in [0.15, 0.2) is 0 Å². The summed E-state index contributed by atoms with van der Waals surface area (Å²) < 4.78 is 4.60. The lowest BCUT2D eigenvalue weighted by Gasteiger charge is -2.09. The maximum atomic E-state index is 11.2. The van der Waals surface area contributed by atoms with Crippen molar-refractivity contribution in [3.05, 3.63) is 36.4 Å². The molecule has 16 heavy (non-hydrogen) atoms. The third-order valence-corrected chi connectivity index (χ3v) is 2.14. The van der Waals surface area contributed by atoms with Crippen LogP contribution >= 0.6 is 0 Å². The van der Waals surface area contributed by atoms with Crippen LogP contribution in [0.4, 0.5) is 11.4 Å². The van der Waals surface area contributed by atoms with Crippen molar-refractivity contribution in [1.29, 1.82) is 0 Å². The minimum atomic E-state index is -0.385. The predicted octanol–water partition coefficient (Wildman–Crippen LogP) is 2.04. The van der Waals surface area contributed by atoms with Crippen LogP contribution < -0.4 is 11.1 Å². The number of rotatable bonds is 5. The van der Waals surface area contributed by atoms with Crippen LogP contribution in [0.2, 0.25) is 0 Å². The Morgan fingerprint density at radius 2 is 2.38 bits per heavy atom. The molecule has 1 aromatic rings. The normalized spacial score (nSPS) is 9.56. The van der Waals surface area contributed by atoms with E-state index >= 15 is 0 Å². The minimum absolute atomic E-state index is 0.385. The van der Waals surface area contributed by atoms with Gasteiger partial charge in [0.25, 0.3) is 0 Å². The molecule has 4 nitrogen and oxygen atoms in total. The van der Waals surface area contributed by atoms with Crippen molar-refractivity contribution in [3.63, 3.8) is 0 Å². The lowest BCUT2D eigenvalue weighted by Crippen LogP contribution is -2.06. The third-order valence-electron chi connectivity index (χ3n) is 2.14. The highest BCUT2D eigenvalue weighted by atomic mass is 16.5. The molecule has 0 aliphatic heterocycles. The quantitative estimate of drug-likeness (QED) is 0.345. The molecule has 0 atom stereocenters. The molecule has 0 radical (unpaired) electrons. The Labute approximate surface area is 95.1 Å². The summed E-state index contributed by atoms with van der Waals surface area (Å²) in [5, 5.41) is 3.15. The van der Waals surface area contributed by atoms with E-state index in [-0.39, 0.29) is 5.97 Å². The third kappa shape index (κ3) is 3.02. The molecule has 0 amide bonds. The van der Waals surface area contributed by atoms with Crippen molar-refractivity contribution >= 4 is 17.3 Å². The summed E-state index contributed by atoms with van der Waals surface area (Å²) in [5.41, 5.74) is 7.60. The van der Waals surface area contributed by atoms with E-state index in [0.717, 1.165) is 18.7 Å². The number of nitrogens with one attached hydrogen (secondary N) is 1. The van der Waals surface area contributed by atoms with E-state index in [4.69, 9.17) is 5.73 Å². The zero-order valence-corrected chi connectivity index (χ0v) is 9.32. The number of methoxy groups -OCH3 is 1. The average molecular weight is 220 g/mol. The zero-order chi connectivity index (χ0) is 12.0. The number of hydrogen-bond donors (Lipinski definition) is 2. The molecule has 0 aromatic heterocycles. The molecule has 1 aromatic carbocycles. The second-order valence-corrected chi connectivity index (χ2v) is 3.30. The summed E-state index contributed by atoms with van der Waals surface area (Å²) in [6.45, 7) is 4.40. The van der Waals surface area contributed by atoms with Gasteiger partial charge in [-0.15, -0.1) is 6.58 Å². The van der Waals surface area contributed by atoms with Crippen molar-refractivity contribution < 1.29 is 9.53 Å². The molecule has 0 fully saturated rings. The molecular formula is C12H16N2O2. The van der Waals surface area contributed by atoms with Crippen molar-refractivity contribution in [2.24, 2.45) is 0 Å². The van der Waals surface area contributed by atoms with Crippen LogP contribution in [-0.4, -0.2) is 19.6 Å². The van der Waals surface area contributed by atoms with Crippen molar-refractivity contribution in [1.82, 2.24) is 0 Å². The van der Waals surface area contributed by atoms with Gasteiger partial charge in [-0.25, -0.2) is 4.79 Å². The van der Waals surface area contributed by atoms with Crippen LogP contribution in [0, 0.1) is 0 Å². The Hall–Kier alpha value is -1.97. The number of esters is 1. The highest BCUT2D eigenvalue weighted by molar-refractivity contribution is 5.91. The van der Waals surface area contributed by atoms with Gasteiger partial charge in [0.1, 0.15) is 0 Å². The Morgan fingerprint density at radius 3 is 2.94 bits per heavy atom. The molecule has 0 saturated carbocycles. The van der Waals surface area contributed by atoms with Gasteiger partial charge in [-0.2, -0.15) is 0 Å². The Morgan fingerprint density at radius 1 is 1.62 bits per heavy atom. The van der Waals surface area contributed by atoms with Gasteiger partial charge < -0.3 is 15.8 Å². The van der Waals surface area contributed by atoms with Crippen molar-refractivity contribution in [3.8, 4) is 0 Å². The molecule has 0 spiro atoms. The van der Waals surface area contributed by atoms with Crippen molar-refractivity contribution in [2.45, 2.75) is 6.42 Å². The minimum Gasteiger partial charge on any atom is -0.465 e. The number of nitrogen functional groups attached to an aromatic ring is 1. The van der Waals surface area contributed by atoms with Gasteiger partial charge in [-0.3, -0.25) is 0 Å². The van der Waals surface area contributed by atoms with E-state index in [9.17, 15) is 4.79 Å². The number of benzene rings is 1. The summed E-state index contributed by atoms with van der Waals surface area (Å²) in [6.07, 6.45) is 2.68. The molecule has 0 aliphatic carbocycles. The standard InChI is InChI=1S/C12H16N2O2/c1-3-4-7-14-11-6-5-9(8-10(11)13)12(15)16-2/h3,5-6,8,14H,1,4,7,13H2,2H3. The van der Waals surface area contributed by atoms with Gasteiger partial charge in [-0.1, -0.05) is 6.08 Å². The second kappa shape index (κ2) is 5.80. The number of nitrogens with two attached hydrogens (primary N) is 1. The van der Waals surface area contributed by atoms with Crippen LogP contribution in [0.5, 0.6) is 0 Å². The molecule has 1 rings (SSSR count). The van der Waals surface area contributed by atoms with Crippen LogP contribution in [0.25, 0.3) is 0 Å². The van der Waals surface area contributed by atoms with E-state index < -0.39 is 0 Å².